The van der Waals surface area contributed by atoms with Gasteiger partial charge < -0.3 is 19.4 Å². The lowest BCUT2D eigenvalue weighted by molar-refractivity contribution is -0.128. The van der Waals surface area contributed by atoms with E-state index in [1.807, 2.05) is 17.5 Å². The lowest BCUT2D eigenvalue weighted by Crippen LogP contribution is -2.40. The number of halogens is 1. The highest BCUT2D eigenvalue weighted by molar-refractivity contribution is 7.09. The zero-order valence-electron chi connectivity index (χ0n) is 19.0. The molecule has 1 unspecified atom stereocenters. The minimum Gasteiger partial charge on any atom is -0.453 e. The molecule has 2 aliphatic heterocycles. The van der Waals surface area contributed by atoms with Gasteiger partial charge in [0.25, 0.3) is 0 Å². The summed E-state index contributed by atoms with van der Waals surface area (Å²) < 4.78 is 4.90. The lowest BCUT2D eigenvalue weighted by Gasteiger charge is -2.25. The number of aromatic nitrogens is 1. The number of anilines is 1. The number of aryl methyl sites for hydroxylation is 1. The highest BCUT2D eigenvalue weighted by Crippen LogP contribution is 2.47. The molecule has 3 heterocycles. The number of carbonyl (C=O) groups is 3. The maximum Gasteiger partial charge on any atom is 0.409 e. The van der Waals surface area contributed by atoms with E-state index in [0.717, 1.165) is 28.4 Å². The van der Waals surface area contributed by atoms with Gasteiger partial charge in [-0.25, -0.2) is 9.78 Å². The number of fused-ring (bicyclic) bond motifs is 2. The van der Waals surface area contributed by atoms with Gasteiger partial charge in [-0.15, -0.1) is 11.3 Å². The average molecular weight is 491 g/mol. The Bertz CT molecular complexity index is 1090. The van der Waals surface area contributed by atoms with Crippen molar-refractivity contribution >= 4 is 46.5 Å². The van der Waals surface area contributed by atoms with Gasteiger partial charge in [0.1, 0.15) is 5.01 Å². The van der Waals surface area contributed by atoms with Crippen molar-refractivity contribution in [1.82, 2.24) is 14.8 Å². The molecule has 33 heavy (non-hydrogen) atoms. The predicted octanol–water partition coefficient (Wildman–Crippen LogP) is 3.12. The predicted molar refractivity (Wildman–Crippen MR) is 127 cm³/mol. The minimum absolute atomic E-state index is 0.0442. The molecule has 1 atom stereocenters. The van der Waals surface area contributed by atoms with E-state index < -0.39 is 0 Å². The van der Waals surface area contributed by atoms with Crippen molar-refractivity contribution in [2.45, 2.75) is 31.1 Å². The van der Waals surface area contributed by atoms with Crippen LogP contribution in [0.2, 0.25) is 5.02 Å². The summed E-state index contributed by atoms with van der Waals surface area (Å²) in [5, 5.41) is 3.25. The Morgan fingerprint density at radius 3 is 2.79 bits per heavy atom. The molecule has 1 aromatic heterocycles. The summed E-state index contributed by atoms with van der Waals surface area (Å²) in [6.07, 6.45) is 1.51. The third-order valence-corrected chi connectivity index (χ3v) is 7.50. The first kappa shape index (κ1) is 23.5. The van der Waals surface area contributed by atoms with E-state index in [1.165, 1.54) is 18.4 Å². The van der Waals surface area contributed by atoms with Crippen molar-refractivity contribution < 1.29 is 19.1 Å². The number of thiazole rings is 1. The molecule has 176 valence electrons. The number of likely N-dealkylation sites (tertiary alicyclic amines) is 1. The van der Waals surface area contributed by atoms with E-state index in [1.54, 1.807) is 34.9 Å². The smallest absolute Gasteiger partial charge is 0.409 e. The molecule has 1 saturated heterocycles. The van der Waals surface area contributed by atoms with Gasteiger partial charge in [0, 0.05) is 61.7 Å². The molecule has 10 heteroatoms. The summed E-state index contributed by atoms with van der Waals surface area (Å²) >= 11 is 7.74. The maximum absolute atomic E-state index is 13.3. The van der Waals surface area contributed by atoms with Crippen LogP contribution in [0, 0.1) is 0 Å². The standard InChI is InChI=1S/C23H27ClN4O4S/c1-26(2)20(29)7-5-16-12-33-19(25-16)11-21(30)28-14-23(8-9-27(13-23)22(31)32-3)17-10-15(24)4-6-18(17)28/h4,6,10,12H,5,7-9,11,13-14H2,1-3H3. The normalized spacial score (nSPS) is 19.2. The summed E-state index contributed by atoms with van der Waals surface area (Å²) in [5.74, 6) is 0.00746. The fourth-order valence-electron chi connectivity index (χ4n) is 4.60. The molecule has 8 nitrogen and oxygen atoms in total. The number of nitrogens with zero attached hydrogens (tertiary/aromatic N) is 4. The van der Waals surface area contributed by atoms with Gasteiger partial charge in [0.15, 0.2) is 0 Å². The molecule has 1 spiro atoms. The molecule has 2 aliphatic rings. The second-order valence-corrected chi connectivity index (χ2v) is 10.1. The zero-order valence-corrected chi connectivity index (χ0v) is 20.5. The number of hydrogen-bond donors (Lipinski definition) is 0. The van der Waals surface area contributed by atoms with Crippen LogP contribution in [0.5, 0.6) is 0 Å². The Kier molecular flexibility index (Phi) is 6.63. The van der Waals surface area contributed by atoms with Crippen LogP contribution in [-0.4, -0.2) is 73.5 Å². The number of ether oxygens (including phenoxy) is 1. The molecule has 0 saturated carbocycles. The molecular weight excluding hydrogens is 464 g/mol. The molecule has 3 amide bonds. The highest BCUT2D eigenvalue weighted by atomic mass is 35.5. The lowest BCUT2D eigenvalue weighted by atomic mass is 9.81. The van der Waals surface area contributed by atoms with Gasteiger partial charge in [0.05, 0.1) is 19.2 Å². The van der Waals surface area contributed by atoms with Crippen molar-refractivity contribution in [3.05, 3.63) is 44.9 Å². The monoisotopic (exact) mass is 490 g/mol. The van der Waals surface area contributed by atoms with E-state index in [-0.39, 0.29) is 29.7 Å². The molecule has 0 bridgehead atoms. The van der Waals surface area contributed by atoms with Crippen LogP contribution in [0.1, 0.15) is 29.1 Å². The van der Waals surface area contributed by atoms with E-state index in [2.05, 4.69) is 4.98 Å². The number of benzene rings is 1. The Hall–Kier alpha value is -2.65. The van der Waals surface area contributed by atoms with Gasteiger partial charge in [-0.1, -0.05) is 11.6 Å². The Balaban J connectivity index is 1.49. The first-order chi connectivity index (χ1) is 15.7. The van der Waals surface area contributed by atoms with Gasteiger partial charge in [-0.05, 0) is 36.6 Å². The first-order valence-corrected chi connectivity index (χ1v) is 12.0. The number of methoxy groups -OCH3 is 1. The molecule has 1 fully saturated rings. The third-order valence-electron chi connectivity index (χ3n) is 6.36. The summed E-state index contributed by atoms with van der Waals surface area (Å²) in [5.41, 5.74) is 2.30. The van der Waals surface area contributed by atoms with E-state index >= 15 is 0 Å². The largest absolute Gasteiger partial charge is 0.453 e. The number of rotatable bonds is 5. The summed E-state index contributed by atoms with van der Waals surface area (Å²) in [6.45, 7) is 1.55. The van der Waals surface area contributed by atoms with Crippen LogP contribution >= 0.6 is 22.9 Å². The first-order valence-electron chi connectivity index (χ1n) is 10.8. The average Bonchev–Trinajstić information content (AvgIpc) is 3.50. The van der Waals surface area contributed by atoms with Crippen molar-refractivity contribution in [2.24, 2.45) is 0 Å². The van der Waals surface area contributed by atoms with Gasteiger partial charge in [-0.2, -0.15) is 0 Å². The van der Waals surface area contributed by atoms with Crippen LogP contribution in [-0.2, 0) is 32.6 Å². The highest BCUT2D eigenvalue weighted by Gasteiger charge is 2.50. The Morgan fingerprint density at radius 2 is 2.06 bits per heavy atom. The molecule has 1 aromatic carbocycles. The summed E-state index contributed by atoms with van der Waals surface area (Å²) in [4.78, 5) is 46.9. The third kappa shape index (κ3) is 4.70. The summed E-state index contributed by atoms with van der Waals surface area (Å²) in [7, 11) is 4.84. The second-order valence-electron chi connectivity index (χ2n) is 8.76. The maximum atomic E-state index is 13.3. The van der Waals surface area contributed by atoms with Gasteiger partial charge >= 0.3 is 6.09 Å². The van der Waals surface area contributed by atoms with Gasteiger partial charge in [-0.3, -0.25) is 9.59 Å². The fourth-order valence-corrected chi connectivity index (χ4v) is 5.59. The van der Waals surface area contributed by atoms with Crippen molar-refractivity contribution in [3.8, 4) is 0 Å². The molecule has 0 N–H and O–H groups in total. The summed E-state index contributed by atoms with van der Waals surface area (Å²) in [6, 6.07) is 5.58. The number of hydrogen-bond acceptors (Lipinski definition) is 6. The minimum atomic E-state index is -0.358. The topological polar surface area (TPSA) is 83.0 Å². The van der Waals surface area contributed by atoms with E-state index in [0.29, 0.717) is 37.5 Å². The number of carbonyl (C=O) groups excluding carboxylic acids is 3. The molecule has 0 aliphatic carbocycles. The van der Waals surface area contributed by atoms with E-state index in [4.69, 9.17) is 16.3 Å². The fraction of sp³-hybridized carbons (Fsp3) is 0.478. The number of amides is 3. The Labute approximate surface area is 202 Å². The SMILES string of the molecule is COC(=O)N1CCC2(C1)CN(C(=O)Cc1nc(CCC(=O)N(C)C)cs1)c1ccc(Cl)cc12. The van der Waals surface area contributed by atoms with Crippen LogP contribution < -0.4 is 4.90 Å². The van der Waals surface area contributed by atoms with Crippen LogP contribution in [0.25, 0.3) is 0 Å². The van der Waals surface area contributed by atoms with Crippen molar-refractivity contribution in [3.63, 3.8) is 0 Å². The van der Waals surface area contributed by atoms with E-state index in [9.17, 15) is 14.4 Å². The van der Waals surface area contributed by atoms with Crippen molar-refractivity contribution in [1.29, 1.82) is 0 Å². The van der Waals surface area contributed by atoms with Crippen LogP contribution in [0.4, 0.5) is 10.5 Å². The second kappa shape index (κ2) is 9.30. The Morgan fingerprint density at radius 1 is 1.27 bits per heavy atom. The van der Waals surface area contributed by atoms with Gasteiger partial charge in [0.2, 0.25) is 11.8 Å². The van der Waals surface area contributed by atoms with Crippen molar-refractivity contribution in [2.75, 3.05) is 45.7 Å². The zero-order chi connectivity index (χ0) is 23.8. The van der Waals surface area contributed by atoms with Crippen LogP contribution in [0.15, 0.2) is 23.6 Å². The molecule has 0 radical (unpaired) electrons. The molecular formula is C23H27ClN4O4S. The van der Waals surface area contributed by atoms with Crippen LogP contribution in [0.3, 0.4) is 0 Å². The molecule has 4 rings (SSSR count). The quantitative estimate of drug-likeness (QED) is 0.643. The molecule has 2 aromatic rings.